The normalized spacial score (nSPS) is 17.8. The number of halogens is 1. The minimum absolute atomic E-state index is 0.108. The molecule has 184 valence electrons. The van der Waals surface area contributed by atoms with Crippen LogP contribution >= 0.6 is 11.6 Å². The highest BCUT2D eigenvalue weighted by Gasteiger charge is 2.53. The number of nitrogens with two attached hydrogens (primary N) is 2. The molecule has 1 aliphatic heterocycles. The Kier molecular flexibility index (Phi) is 6.06. The van der Waals surface area contributed by atoms with Crippen molar-refractivity contribution in [3.63, 3.8) is 0 Å². The molecule has 1 saturated carbocycles. The van der Waals surface area contributed by atoms with Gasteiger partial charge in [0.2, 0.25) is 5.88 Å². The molecule has 5 rings (SSSR count). The molecule has 10 heteroatoms. The van der Waals surface area contributed by atoms with Gasteiger partial charge in [0, 0.05) is 29.9 Å². The van der Waals surface area contributed by atoms with E-state index in [1.54, 1.807) is 48.0 Å². The third-order valence-corrected chi connectivity index (χ3v) is 7.03. The third-order valence-electron chi connectivity index (χ3n) is 6.80. The van der Waals surface area contributed by atoms with Crippen molar-refractivity contribution in [1.82, 2.24) is 19.7 Å². The fourth-order valence-electron chi connectivity index (χ4n) is 4.80. The number of aromatic nitrogens is 3. The van der Waals surface area contributed by atoms with Crippen molar-refractivity contribution in [1.29, 1.82) is 0 Å². The highest BCUT2D eigenvalue weighted by molar-refractivity contribution is 6.30. The maximum atomic E-state index is 12.7. The second-order valence-corrected chi connectivity index (χ2v) is 9.50. The van der Waals surface area contributed by atoms with E-state index >= 15 is 0 Å². The van der Waals surface area contributed by atoms with Gasteiger partial charge in [0.05, 0.1) is 11.1 Å². The number of benzene rings is 1. The molecular weight excluding hydrogens is 480 g/mol. The summed E-state index contributed by atoms with van der Waals surface area (Å²) in [5.41, 5.74) is 13.2. The number of carbonyl (C=O) groups is 2. The second-order valence-electron chi connectivity index (χ2n) is 9.07. The number of nitrogens with zero attached hydrogens (tertiary/aromatic N) is 4. The summed E-state index contributed by atoms with van der Waals surface area (Å²) in [6.07, 6.45) is 5.07. The molecule has 1 atom stereocenters. The van der Waals surface area contributed by atoms with Gasteiger partial charge in [-0.1, -0.05) is 17.5 Å². The van der Waals surface area contributed by atoms with Gasteiger partial charge in [-0.2, -0.15) is 5.10 Å². The van der Waals surface area contributed by atoms with Crippen LogP contribution in [-0.4, -0.2) is 43.6 Å². The molecular formula is C26H25ClN6O3. The van der Waals surface area contributed by atoms with Crippen molar-refractivity contribution in [2.24, 2.45) is 5.73 Å². The van der Waals surface area contributed by atoms with E-state index in [0.717, 1.165) is 25.7 Å². The number of ether oxygens (including phenoxy) is 1. The number of hydrogen-bond donors (Lipinski definition) is 2. The zero-order valence-electron chi connectivity index (χ0n) is 19.7. The fraction of sp³-hybridized carbons (Fsp3) is 0.308. The van der Waals surface area contributed by atoms with Gasteiger partial charge in [-0.15, -0.1) is 0 Å². The Morgan fingerprint density at radius 1 is 1.17 bits per heavy atom. The maximum Gasteiger partial charge on any atom is 0.298 e. The number of rotatable bonds is 5. The van der Waals surface area contributed by atoms with Crippen LogP contribution in [0.15, 0.2) is 42.6 Å². The van der Waals surface area contributed by atoms with Crippen molar-refractivity contribution in [2.75, 3.05) is 12.3 Å². The SMILES string of the molecule is CC#CC(=O)N1C[C@H](n2nc(-c3ccc(Oc4ccc(Cl)cn4)cc3)c(C(N)=O)c2N)CCC12CC2. The van der Waals surface area contributed by atoms with Crippen LogP contribution in [0.4, 0.5) is 5.82 Å². The quantitative estimate of drug-likeness (QED) is 0.508. The van der Waals surface area contributed by atoms with Crippen molar-refractivity contribution in [3.05, 3.63) is 53.2 Å². The average Bonchev–Trinajstić information content (AvgIpc) is 3.54. The molecule has 36 heavy (non-hydrogen) atoms. The minimum atomic E-state index is -0.668. The molecule has 2 aromatic heterocycles. The number of pyridine rings is 1. The van der Waals surface area contributed by atoms with Gasteiger partial charge in [0.25, 0.3) is 11.8 Å². The molecule has 1 aromatic carbocycles. The number of anilines is 1. The number of primary amides is 1. The molecule has 4 N–H and O–H groups in total. The van der Waals surface area contributed by atoms with Gasteiger partial charge in [-0.25, -0.2) is 9.67 Å². The van der Waals surface area contributed by atoms with Crippen LogP contribution in [0, 0.1) is 11.8 Å². The summed E-state index contributed by atoms with van der Waals surface area (Å²) in [4.78, 5) is 31.0. The van der Waals surface area contributed by atoms with E-state index < -0.39 is 5.91 Å². The standard InChI is InChI=1S/C26H25ClN6O3/c1-2-3-21(34)32-15-18(10-11-26(32)12-13-26)33-24(28)22(25(29)35)23(31-33)16-4-7-19(8-5-16)36-20-9-6-17(27)14-30-20/h4-9,14,18H,10-13,15,28H2,1H3,(H2,29,35)/t18-/m1/s1. The van der Waals surface area contributed by atoms with Crippen molar-refractivity contribution in [2.45, 2.75) is 44.2 Å². The molecule has 1 saturated heterocycles. The molecule has 9 nitrogen and oxygen atoms in total. The average molecular weight is 505 g/mol. The van der Waals surface area contributed by atoms with Gasteiger partial charge in [0.1, 0.15) is 22.8 Å². The zero-order valence-corrected chi connectivity index (χ0v) is 20.5. The Bertz CT molecular complexity index is 1380. The van der Waals surface area contributed by atoms with Crippen LogP contribution in [0.5, 0.6) is 11.6 Å². The van der Waals surface area contributed by atoms with Gasteiger partial charge >= 0.3 is 0 Å². The van der Waals surface area contributed by atoms with Crippen LogP contribution < -0.4 is 16.2 Å². The lowest BCUT2D eigenvalue weighted by molar-refractivity contribution is -0.130. The summed E-state index contributed by atoms with van der Waals surface area (Å²) in [5.74, 6) is 5.64. The van der Waals surface area contributed by atoms with E-state index in [1.807, 2.05) is 4.90 Å². The molecule has 3 aromatic rings. The van der Waals surface area contributed by atoms with Gasteiger partial charge in [0.15, 0.2) is 0 Å². The zero-order chi connectivity index (χ0) is 25.4. The van der Waals surface area contributed by atoms with Gasteiger partial charge in [-0.05, 0) is 68.9 Å². The Balaban J connectivity index is 1.43. The number of likely N-dealkylation sites (tertiary alicyclic amines) is 1. The first-order chi connectivity index (χ1) is 17.3. The van der Waals surface area contributed by atoms with E-state index in [0.29, 0.717) is 34.5 Å². The molecule has 0 unspecified atom stereocenters. The summed E-state index contributed by atoms with van der Waals surface area (Å²) in [6, 6.07) is 10.2. The van der Waals surface area contributed by atoms with E-state index in [-0.39, 0.29) is 28.9 Å². The third kappa shape index (κ3) is 4.36. The van der Waals surface area contributed by atoms with E-state index in [1.165, 1.54) is 6.20 Å². The van der Waals surface area contributed by atoms with Crippen LogP contribution in [0.2, 0.25) is 5.02 Å². The number of amides is 2. The Labute approximate surface area is 213 Å². The molecule has 2 fully saturated rings. The van der Waals surface area contributed by atoms with Gasteiger partial charge < -0.3 is 21.1 Å². The summed E-state index contributed by atoms with van der Waals surface area (Å²) >= 11 is 5.87. The van der Waals surface area contributed by atoms with Crippen molar-refractivity contribution < 1.29 is 14.3 Å². The first-order valence-electron chi connectivity index (χ1n) is 11.6. The van der Waals surface area contributed by atoms with Crippen LogP contribution in [0.1, 0.15) is 49.0 Å². The number of piperidine rings is 1. The molecule has 0 bridgehead atoms. The van der Waals surface area contributed by atoms with E-state index in [9.17, 15) is 9.59 Å². The Morgan fingerprint density at radius 3 is 2.53 bits per heavy atom. The molecule has 0 radical (unpaired) electrons. The first kappa shape index (κ1) is 23.7. The maximum absolute atomic E-state index is 12.7. The molecule has 1 aliphatic carbocycles. The summed E-state index contributed by atoms with van der Waals surface area (Å²) < 4.78 is 7.38. The summed E-state index contributed by atoms with van der Waals surface area (Å²) in [5, 5.41) is 5.22. The van der Waals surface area contributed by atoms with Crippen LogP contribution in [0.25, 0.3) is 11.3 Å². The lowest BCUT2D eigenvalue weighted by atomic mass is 9.96. The highest BCUT2D eigenvalue weighted by Crippen LogP contribution is 2.50. The predicted molar refractivity (Wildman–Crippen MR) is 135 cm³/mol. The van der Waals surface area contributed by atoms with E-state index in [2.05, 4.69) is 16.8 Å². The number of hydrogen-bond acceptors (Lipinski definition) is 6. The van der Waals surface area contributed by atoms with Crippen LogP contribution in [0.3, 0.4) is 0 Å². The minimum Gasteiger partial charge on any atom is -0.439 e. The second kappa shape index (κ2) is 9.21. The molecule has 2 amide bonds. The summed E-state index contributed by atoms with van der Waals surface area (Å²) in [7, 11) is 0. The topological polar surface area (TPSA) is 129 Å². The van der Waals surface area contributed by atoms with E-state index in [4.69, 9.17) is 32.9 Å². The van der Waals surface area contributed by atoms with Gasteiger partial charge in [-0.3, -0.25) is 9.59 Å². The largest absolute Gasteiger partial charge is 0.439 e. The smallest absolute Gasteiger partial charge is 0.298 e. The van der Waals surface area contributed by atoms with Crippen LogP contribution in [-0.2, 0) is 4.79 Å². The molecule has 3 heterocycles. The Hall–Kier alpha value is -4.03. The predicted octanol–water partition coefficient (Wildman–Crippen LogP) is 3.79. The first-order valence-corrected chi connectivity index (χ1v) is 12.0. The lowest BCUT2D eigenvalue weighted by Crippen LogP contribution is -2.49. The summed E-state index contributed by atoms with van der Waals surface area (Å²) in [6.45, 7) is 2.08. The Morgan fingerprint density at radius 2 is 1.92 bits per heavy atom. The monoisotopic (exact) mass is 504 g/mol. The highest BCUT2D eigenvalue weighted by atomic mass is 35.5. The van der Waals surface area contributed by atoms with Crippen molar-refractivity contribution in [3.8, 4) is 34.7 Å². The van der Waals surface area contributed by atoms with Crippen molar-refractivity contribution >= 4 is 29.2 Å². The number of nitrogen functional groups attached to an aromatic ring is 1. The fourth-order valence-corrected chi connectivity index (χ4v) is 4.91. The molecule has 2 aliphatic rings. The lowest BCUT2D eigenvalue weighted by Gasteiger charge is -2.39. The number of carbonyl (C=O) groups excluding carboxylic acids is 2. The molecule has 1 spiro atoms.